The van der Waals surface area contributed by atoms with Crippen molar-refractivity contribution in [1.29, 1.82) is 0 Å². The lowest BCUT2D eigenvalue weighted by molar-refractivity contribution is -0.113. The van der Waals surface area contributed by atoms with Crippen LogP contribution in [0.25, 0.3) is 0 Å². The summed E-state index contributed by atoms with van der Waals surface area (Å²) >= 11 is 1.10. The Labute approximate surface area is 188 Å². The number of hydrogen-bond acceptors (Lipinski definition) is 6. The highest BCUT2D eigenvalue weighted by Gasteiger charge is 2.29. The number of rotatable bonds is 10. The number of nitrogens with zero attached hydrogens (tertiary/aromatic N) is 3. The molecule has 1 N–H and O–H groups in total. The maximum Gasteiger partial charge on any atom is 0.341 e. The van der Waals surface area contributed by atoms with Crippen molar-refractivity contribution in [2.45, 2.75) is 28.8 Å². The smallest absolute Gasteiger partial charge is 0.324 e. The van der Waals surface area contributed by atoms with Crippen LogP contribution in [-0.2, 0) is 27.6 Å². The molecule has 11 heteroatoms. The van der Waals surface area contributed by atoms with Crippen molar-refractivity contribution in [2.24, 2.45) is 0 Å². The fourth-order valence-corrected chi connectivity index (χ4v) is 4.53. The predicted octanol–water partition coefficient (Wildman–Crippen LogP) is 3.78. The lowest BCUT2D eigenvalue weighted by Crippen LogP contribution is -2.19. The van der Waals surface area contributed by atoms with Gasteiger partial charge in [0, 0.05) is 13.0 Å². The average molecular weight is 479 g/mol. The molecule has 0 aliphatic heterocycles. The summed E-state index contributed by atoms with van der Waals surface area (Å²) in [4.78, 5) is 11.8. The van der Waals surface area contributed by atoms with E-state index in [0.717, 1.165) is 23.4 Å². The van der Waals surface area contributed by atoms with Crippen LogP contribution in [0.1, 0.15) is 11.4 Å². The Hall–Kier alpha value is -3.05. The lowest BCUT2D eigenvalue weighted by Gasteiger charge is -2.11. The van der Waals surface area contributed by atoms with Gasteiger partial charge in [0.25, 0.3) is 0 Å². The zero-order valence-corrected chi connectivity index (χ0v) is 18.5. The van der Waals surface area contributed by atoms with Gasteiger partial charge in [-0.15, -0.1) is 16.8 Å². The van der Waals surface area contributed by atoms with Crippen molar-refractivity contribution in [1.82, 2.24) is 14.8 Å². The molecule has 0 bridgehead atoms. The molecular weight excluding hydrogens is 458 g/mol. The quantitative estimate of drug-likeness (QED) is 0.352. The van der Waals surface area contributed by atoms with E-state index < -0.39 is 26.4 Å². The Bertz CT molecular complexity index is 1200. The summed E-state index contributed by atoms with van der Waals surface area (Å²) in [5.41, 5.74) is 0.854. The van der Waals surface area contributed by atoms with E-state index in [4.69, 9.17) is 0 Å². The Morgan fingerprint density at radius 1 is 1.12 bits per heavy atom. The third-order valence-electron chi connectivity index (χ3n) is 4.34. The van der Waals surface area contributed by atoms with Gasteiger partial charge in [-0.2, -0.15) is 8.78 Å². The first kappa shape index (κ1) is 23.6. The highest BCUT2D eigenvalue weighted by Crippen LogP contribution is 2.26. The summed E-state index contributed by atoms with van der Waals surface area (Å²) in [5.74, 6) is -3.57. The van der Waals surface area contributed by atoms with Gasteiger partial charge in [0.1, 0.15) is 5.82 Å². The number of para-hydroxylation sites is 1. The molecule has 2 aromatic carbocycles. The van der Waals surface area contributed by atoms with Gasteiger partial charge in [-0.1, -0.05) is 60.3 Å². The summed E-state index contributed by atoms with van der Waals surface area (Å²) < 4.78 is 51.4. The summed E-state index contributed by atoms with van der Waals surface area (Å²) in [6.07, 6.45) is 2.24. The first-order valence-corrected chi connectivity index (χ1v) is 12.0. The Balaban J connectivity index is 1.71. The standard InChI is InChI=1S/C21H20F2N4O3S2/c1-2-12-27-18(13-15-8-4-3-5-9-15)25-26-21(27)31-14-19(28)24-16-10-6-7-11-17(16)32(29,30)20(22)23/h2-11,20H,1,12-14H2,(H,24,28). The first-order chi connectivity index (χ1) is 15.3. The summed E-state index contributed by atoms with van der Waals surface area (Å²) in [6.45, 7) is 4.18. The van der Waals surface area contributed by atoms with Crippen LogP contribution in [0.4, 0.5) is 14.5 Å². The number of alkyl halides is 2. The molecule has 1 amide bonds. The number of allylic oxidation sites excluding steroid dienone is 1. The van der Waals surface area contributed by atoms with E-state index in [1.807, 2.05) is 34.9 Å². The molecule has 0 saturated heterocycles. The molecule has 0 radical (unpaired) electrons. The van der Waals surface area contributed by atoms with Crippen LogP contribution < -0.4 is 5.32 Å². The minimum absolute atomic E-state index is 0.121. The number of carbonyl (C=O) groups excluding carboxylic acids is 1. The van der Waals surface area contributed by atoms with E-state index in [-0.39, 0.29) is 11.4 Å². The molecular formula is C21H20F2N4O3S2. The monoisotopic (exact) mass is 478 g/mol. The molecule has 1 aromatic heterocycles. The number of benzene rings is 2. The number of amides is 1. The van der Waals surface area contributed by atoms with Crippen molar-refractivity contribution >= 4 is 33.2 Å². The van der Waals surface area contributed by atoms with Crippen LogP contribution in [0.3, 0.4) is 0 Å². The van der Waals surface area contributed by atoms with Crippen molar-refractivity contribution < 1.29 is 22.0 Å². The molecule has 32 heavy (non-hydrogen) atoms. The van der Waals surface area contributed by atoms with Crippen molar-refractivity contribution in [3.05, 3.63) is 78.6 Å². The van der Waals surface area contributed by atoms with Gasteiger partial charge in [-0.3, -0.25) is 4.79 Å². The second-order valence-corrected chi connectivity index (χ2v) is 9.43. The molecule has 168 valence electrons. The Kier molecular flexibility index (Phi) is 7.75. The highest BCUT2D eigenvalue weighted by molar-refractivity contribution is 7.99. The molecule has 0 aliphatic carbocycles. The molecule has 7 nitrogen and oxygen atoms in total. The third-order valence-corrected chi connectivity index (χ3v) is 6.75. The number of anilines is 1. The molecule has 0 atom stereocenters. The SMILES string of the molecule is C=CCn1c(Cc2ccccc2)nnc1SCC(=O)Nc1ccccc1S(=O)(=O)C(F)F. The third kappa shape index (κ3) is 5.60. The zero-order chi connectivity index (χ0) is 23.1. The van der Waals surface area contributed by atoms with Gasteiger partial charge in [0.05, 0.1) is 16.3 Å². The van der Waals surface area contributed by atoms with E-state index in [0.29, 0.717) is 23.9 Å². The molecule has 0 fully saturated rings. The molecule has 0 aliphatic rings. The highest BCUT2D eigenvalue weighted by atomic mass is 32.2. The maximum absolute atomic E-state index is 12.9. The zero-order valence-electron chi connectivity index (χ0n) is 16.8. The van der Waals surface area contributed by atoms with Gasteiger partial charge in [0.2, 0.25) is 15.7 Å². The average Bonchev–Trinajstić information content (AvgIpc) is 3.14. The van der Waals surface area contributed by atoms with E-state index in [2.05, 4.69) is 22.1 Å². The van der Waals surface area contributed by atoms with Crippen molar-refractivity contribution in [3.8, 4) is 0 Å². The molecule has 3 rings (SSSR count). The largest absolute Gasteiger partial charge is 0.341 e. The van der Waals surface area contributed by atoms with Gasteiger partial charge >= 0.3 is 5.76 Å². The van der Waals surface area contributed by atoms with Crippen LogP contribution in [-0.4, -0.2) is 40.6 Å². The summed E-state index contributed by atoms with van der Waals surface area (Å²) in [7, 11) is -4.85. The summed E-state index contributed by atoms with van der Waals surface area (Å²) in [6, 6.07) is 14.8. The van der Waals surface area contributed by atoms with Gasteiger partial charge in [-0.25, -0.2) is 8.42 Å². The van der Waals surface area contributed by atoms with Crippen LogP contribution in [0.15, 0.2) is 77.3 Å². The van der Waals surface area contributed by atoms with E-state index in [9.17, 15) is 22.0 Å². The van der Waals surface area contributed by atoms with E-state index in [1.54, 1.807) is 6.08 Å². The topological polar surface area (TPSA) is 93.9 Å². The Morgan fingerprint density at radius 3 is 2.50 bits per heavy atom. The second kappa shape index (κ2) is 10.5. The van der Waals surface area contributed by atoms with Gasteiger partial charge in [-0.05, 0) is 17.7 Å². The number of nitrogens with one attached hydrogen (secondary N) is 1. The first-order valence-electron chi connectivity index (χ1n) is 9.43. The van der Waals surface area contributed by atoms with Crippen LogP contribution >= 0.6 is 11.8 Å². The fraction of sp³-hybridized carbons (Fsp3) is 0.190. The van der Waals surface area contributed by atoms with Crippen molar-refractivity contribution in [3.63, 3.8) is 0 Å². The summed E-state index contributed by atoms with van der Waals surface area (Å²) in [5, 5.41) is 11.2. The van der Waals surface area contributed by atoms with Crippen molar-refractivity contribution in [2.75, 3.05) is 11.1 Å². The number of halogens is 2. The predicted molar refractivity (Wildman–Crippen MR) is 118 cm³/mol. The van der Waals surface area contributed by atoms with E-state index >= 15 is 0 Å². The molecule has 1 heterocycles. The number of carbonyl (C=O) groups is 1. The van der Waals surface area contributed by atoms with Gasteiger partial charge < -0.3 is 9.88 Å². The van der Waals surface area contributed by atoms with Crippen LogP contribution in [0, 0.1) is 0 Å². The lowest BCUT2D eigenvalue weighted by atomic mass is 10.1. The number of thioether (sulfide) groups is 1. The van der Waals surface area contributed by atoms with E-state index in [1.165, 1.54) is 18.2 Å². The van der Waals surface area contributed by atoms with Crippen LogP contribution in [0.5, 0.6) is 0 Å². The number of hydrogen-bond donors (Lipinski definition) is 1. The molecule has 0 unspecified atom stereocenters. The normalized spacial score (nSPS) is 11.5. The minimum Gasteiger partial charge on any atom is -0.324 e. The minimum atomic E-state index is -4.85. The molecule has 3 aromatic rings. The second-order valence-electron chi connectivity index (χ2n) is 6.60. The number of sulfone groups is 1. The van der Waals surface area contributed by atoms with Gasteiger partial charge in [0.15, 0.2) is 5.16 Å². The molecule has 0 spiro atoms. The Morgan fingerprint density at radius 2 is 1.81 bits per heavy atom. The van der Waals surface area contributed by atoms with Crippen LogP contribution in [0.2, 0.25) is 0 Å². The molecule has 0 saturated carbocycles. The number of aromatic nitrogens is 3. The fourth-order valence-electron chi connectivity index (χ4n) is 2.88. The maximum atomic E-state index is 12.9.